The molecule has 1 amide bonds. The second-order valence-corrected chi connectivity index (χ2v) is 7.42. The molecule has 0 fully saturated rings. The molecular weight excluding hydrogens is 368 g/mol. The lowest BCUT2D eigenvalue weighted by Crippen LogP contribution is -2.26. The minimum absolute atomic E-state index is 0.0482. The highest BCUT2D eigenvalue weighted by Gasteiger charge is 2.14. The fourth-order valence-electron chi connectivity index (χ4n) is 2.43. The molecule has 8 nitrogen and oxygen atoms in total. The Morgan fingerprint density at radius 2 is 1.70 bits per heavy atom. The fourth-order valence-corrected chi connectivity index (χ4v) is 2.94. The lowest BCUT2D eigenvalue weighted by molar-refractivity contribution is 0.0918. The zero-order valence-electron chi connectivity index (χ0n) is 14.3. The van der Waals surface area contributed by atoms with Gasteiger partial charge in [-0.15, -0.1) is 10.2 Å². The van der Waals surface area contributed by atoms with Crippen molar-refractivity contribution in [1.29, 1.82) is 0 Å². The quantitative estimate of drug-likeness (QED) is 0.629. The third-order valence-corrected chi connectivity index (χ3v) is 4.74. The summed E-state index contributed by atoms with van der Waals surface area (Å²) in [5, 5.41) is 15.4. The monoisotopic (exact) mass is 386 g/mol. The summed E-state index contributed by atoms with van der Waals surface area (Å²) in [6, 6.07) is 15.8. The Hall–Kier alpha value is -3.04. The Balaban J connectivity index is 1.51. The fraction of sp³-hybridized carbons (Fsp3) is 0.167. The number of benzene rings is 2. The molecular formula is C18H18N4O4S. The number of hydrogen-bond donors (Lipinski definition) is 2. The van der Waals surface area contributed by atoms with Crippen LogP contribution in [0, 0.1) is 0 Å². The van der Waals surface area contributed by atoms with Gasteiger partial charge in [-0.05, 0) is 29.7 Å². The van der Waals surface area contributed by atoms with Crippen molar-refractivity contribution in [1.82, 2.24) is 15.5 Å². The summed E-state index contributed by atoms with van der Waals surface area (Å²) >= 11 is 0. The van der Waals surface area contributed by atoms with E-state index in [0.717, 1.165) is 11.1 Å². The Morgan fingerprint density at radius 3 is 2.37 bits per heavy atom. The van der Waals surface area contributed by atoms with Crippen molar-refractivity contribution in [2.75, 3.05) is 6.54 Å². The molecule has 0 aliphatic carbocycles. The molecule has 0 unspecified atom stereocenters. The molecule has 1 aromatic heterocycles. The van der Waals surface area contributed by atoms with Gasteiger partial charge in [0.2, 0.25) is 15.9 Å². The number of rotatable bonds is 7. The van der Waals surface area contributed by atoms with Gasteiger partial charge in [-0.2, -0.15) is 0 Å². The van der Waals surface area contributed by atoms with Crippen LogP contribution in [0.15, 0.2) is 63.9 Å². The van der Waals surface area contributed by atoms with Crippen LogP contribution in [0.25, 0.3) is 0 Å². The molecule has 0 radical (unpaired) electrons. The lowest BCUT2D eigenvalue weighted by Gasteiger charge is -2.04. The standard InChI is InChI=1S/C18H18N4O4S/c19-27(24,25)15-8-6-13(7-9-15)10-11-20-17(23)18-22-21-16(26-18)12-14-4-2-1-3-5-14/h1-9H,10-12H2,(H,20,23)(H2,19,24,25). The van der Waals surface area contributed by atoms with Gasteiger partial charge in [0.25, 0.3) is 0 Å². The maximum Gasteiger partial charge on any atom is 0.308 e. The van der Waals surface area contributed by atoms with Crippen LogP contribution >= 0.6 is 0 Å². The van der Waals surface area contributed by atoms with Gasteiger partial charge in [-0.25, -0.2) is 13.6 Å². The van der Waals surface area contributed by atoms with Crippen LogP contribution < -0.4 is 10.5 Å². The maximum absolute atomic E-state index is 12.1. The van der Waals surface area contributed by atoms with E-state index in [1.54, 1.807) is 12.1 Å². The number of nitrogens with two attached hydrogens (primary N) is 1. The average Bonchev–Trinajstić information content (AvgIpc) is 3.11. The predicted octanol–water partition coefficient (Wildman–Crippen LogP) is 1.28. The highest BCUT2D eigenvalue weighted by atomic mass is 32.2. The molecule has 0 aliphatic heterocycles. The van der Waals surface area contributed by atoms with Gasteiger partial charge in [0.05, 0.1) is 11.3 Å². The molecule has 140 valence electrons. The Morgan fingerprint density at radius 1 is 1.00 bits per heavy atom. The normalized spacial score (nSPS) is 11.3. The minimum Gasteiger partial charge on any atom is -0.417 e. The van der Waals surface area contributed by atoms with Gasteiger partial charge < -0.3 is 9.73 Å². The number of aromatic nitrogens is 2. The van der Waals surface area contributed by atoms with Crippen molar-refractivity contribution in [3.8, 4) is 0 Å². The van der Waals surface area contributed by atoms with Crippen LogP contribution in [0.5, 0.6) is 0 Å². The van der Waals surface area contributed by atoms with E-state index in [1.807, 2.05) is 30.3 Å². The highest BCUT2D eigenvalue weighted by molar-refractivity contribution is 7.89. The Kier molecular flexibility index (Phi) is 5.63. The molecule has 3 rings (SSSR count). The minimum atomic E-state index is -3.71. The van der Waals surface area contributed by atoms with Gasteiger partial charge >= 0.3 is 11.8 Å². The van der Waals surface area contributed by atoms with Crippen molar-refractivity contribution in [2.45, 2.75) is 17.7 Å². The van der Waals surface area contributed by atoms with E-state index >= 15 is 0 Å². The first kappa shape index (κ1) is 18.7. The molecule has 3 aromatic rings. The van der Waals surface area contributed by atoms with E-state index < -0.39 is 15.9 Å². The van der Waals surface area contributed by atoms with Crippen molar-refractivity contribution >= 4 is 15.9 Å². The first-order valence-electron chi connectivity index (χ1n) is 8.18. The van der Waals surface area contributed by atoms with Crippen LogP contribution in [-0.4, -0.2) is 31.1 Å². The zero-order valence-corrected chi connectivity index (χ0v) is 15.1. The number of nitrogens with zero attached hydrogens (tertiary/aromatic N) is 2. The number of carbonyl (C=O) groups is 1. The van der Waals surface area contributed by atoms with Crippen molar-refractivity contribution in [3.05, 3.63) is 77.5 Å². The predicted molar refractivity (Wildman–Crippen MR) is 97.4 cm³/mol. The summed E-state index contributed by atoms with van der Waals surface area (Å²) < 4.78 is 27.8. The van der Waals surface area contributed by atoms with Crippen LogP contribution in [0.1, 0.15) is 27.7 Å². The van der Waals surface area contributed by atoms with Crippen LogP contribution in [0.3, 0.4) is 0 Å². The smallest absolute Gasteiger partial charge is 0.308 e. The second kappa shape index (κ2) is 8.11. The Bertz CT molecular complexity index is 1020. The molecule has 0 saturated carbocycles. The molecule has 0 saturated heterocycles. The van der Waals surface area contributed by atoms with E-state index in [1.165, 1.54) is 12.1 Å². The summed E-state index contributed by atoms with van der Waals surface area (Å²) in [4.78, 5) is 12.1. The van der Waals surface area contributed by atoms with Gasteiger partial charge in [-0.3, -0.25) is 4.79 Å². The third-order valence-electron chi connectivity index (χ3n) is 3.81. The van der Waals surface area contributed by atoms with Crippen molar-refractivity contribution in [2.24, 2.45) is 5.14 Å². The number of hydrogen-bond acceptors (Lipinski definition) is 6. The van der Waals surface area contributed by atoms with Crippen LogP contribution in [-0.2, 0) is 22.9 Å². The first-order valence-corrected chi connectivity index (χ1v) is 9.73. The summed E-state index contributed by atoms with van der Waals surface area (Å²) in [6.45, 7) is 0.337. The number of primary sulfonamides is 1. The van der Waals surface area contributed by atoms with Gasteiger partial charge in [0.1, 0.15) is 0 Å². The van der Waals surface area contributed by atoms with Gasteiger partial charge in [0.15, 0.2) is 0 Å². The van der Waals surface area contributed by atoms with Crippen LogP contribution in [0.2, 0.25) is 0 Å². The lowest BCUT2D eigenvalue weighted by atomic mass is 10.1. The maximum atomic E-state index is 12.1. The number of nitrogens with one attached hydrogen (secondary N) is 1. The molecule has 0 spiro atoms. The molecule has 0 atom stereocenters. The molecule has 0 aliphatic rings. The topological polar surface area (TPSA) is 128 Å². The highest BCUT2D eigenvalue weighted by Crippen LogP contribution is 2.10. The summed E-state index contributed by atoms with van der Waals surface area (Å²) in [5.74, 6) is -0.182. The number of sulfonamides is 1. The zero-order chi connectivity index (χ0) is 19.3. The third kappa shape index (κ3) is 5.22. The number of amides is 1. The summed E-state index contributed by atoms with van der Waals surface area (Å²) in [5.41, 5.74) is 1.87. The molecule has 27 heavy (non-hydrogen) atoms. The van der Waals surface area contributed by atoms with E-state index in [-0.39, 0.29) is 10.8 Å². The average molecular weight is 386 g/mol. The van der Waals surface area contributed by atoms with Crippen molar-refractivity contribution in [3.63, 3.8) is 0 Å². The molecule has 1 heterocycles. The Labute approximate surface area is 156 Å². The van der Waals surface area contributed by atoms with Crippen molar-refractivity contribution < 1.29 is 17.6 Å². The van der Waals surface area contributed by atoms with E-state index in [2.05, 4.69) is 15.5 Å². The second-order valence-electron chi connectivity index (χ2n) is 5.86. The molecule has 2 aromatic carbocycles. The summed E-state index contributed by atoms with van der Waals surface area (Å²) in [6.07, 6.45) is 0.971. The van der Waals surface area contributed by atoms with Gasteiger partial charge in [0, 0.05) is 6.54 Å². The number of carbonyl (C=O) groups excluding carboxylic acids is 1. The summed E-state index contributed by atoms with van der Waals surface area (Å²) in [7, 11) is -3.71. The van der Waals surface area contributed by atoms with E-state index in [0.29, 0.717) is 25.3 Å². The molecule has 9 heteroatoms. The van der Waals surface area contributed by atoms with E-state index in [9.17, 15) is 13.2 Å². The van der Waals surface area contributed by atoms with E-state index in [4.69, 9.17) is 9.56 Å². The molecule has 3 N–H and O–H groups in total. The SMILES string of the molecule is NS(=O)(=O)c1ccc(CCNC(=O)c2nnc(Cc3ccccc3)o2)cc1. The van der Waals surface area contributed by atoms with Crippen LogP contribution in [0.4, 0.5) is 0 Å². The van der Waals surface area contributed by atoms with Gasteiger partial charge in [-0.1, -0.05) is 42.5 Å². The molecule has 0 bridgehead atoms. The largest absolute Gasteiger partial charge is 0.417 e. The first-order chi connectivity index (χ1) is 12.9.